The summed E-state index contributed by atoms with van der Waals surface area (Å²) < 4.78 is 7.50. The molecule has 2 rings (SSSR count). The number of nitrogens with two attached hydrogens (primary N) is 1. The van der Waals surface area contributed by atoms with Crippen LogP contribution in [0.15, 0.2) is 36.7 Å². The first-order valence-electron chi connectivity index (χ1n) is 6.90. The maximum absolute atomic E-state index is 5.79. The first-order chi connectivity index (χ1) is 9.44. The van der Waals surface area contributed by atoms with Gasteiger partial charge in [0.25, 0.3) is 0 Å². The fraction of sp³-hybridized carbons (Fsp3) is 0.400. The Kier molecular flexibility index (Phi) is 4.62. The molecule has 0 saturated carbocycles. The van der Waals surface area contributed by atoms with Crippen molar-refractivity contribution in [3.05, 3.63) is 36.7 Å². The molecule has 1 heterocycles. The summed E-state index contributed by atoms with van der Waals surface area (Å²) in [5.74, 6) is 0. The Morgan fingerprint density at radius 1 is 1.25 bits per heavy atom. The number of benzene rings is 1. The maximum atomic E-state index is 5.79. The van der Waals surface area contributed by atoms with Crippen LogP contribution in [0.2, 0.25) is 25.7 Å². The highest BCUT2D eigenvalue weighted by Gasteiger charge is 2.12. The molecule has 20 heavy (non-hydrogen) atoms. The third-order valence-electron chi connectivity index (χ3n) is 3.07. The van der Waals surface area contributed by atoms with Gasteiger partial charge in [0, 0.05) is 32.1 Å². The summed E-state index contributed by atoms with van der Waals surface area (Å²) in [5, 5.41) is 4.32. The van der Waals surface area contributed by atoms with Gasteiger partial charge in [0.1, 0.15) is 6.73 Å². The molecule has 0 amide bonds. The number of nitrogen functional groups attached to an aromatic ring is 1. The summed E-state index contributed by atoms with van der Waals surface area (Å²) in [5.41, 5.74) is 8.70. The molecule has 2 aromatic rings. The standard InChI is InChI=1S/C15H23N3OSi/c1-20(2,3)8-7-19-12-18-11-14(10-17-18)13-5-4-6-15(16)9-13/h4-6,9-11H,7-8,12,16H2,1-3H3. The van der Waals surface area contributed by atoms with Crippen LogP contribution < -0.4 is 5.73 Å². The predicted molar refractivity (Wildman–Crippen MR) is 86.2 cm³/mol. The van der Waals surface area contributed by atoms with Crippen LogP contribution in [0.4, 0.5) is 5.69 Å². The highest BCUT2D eigenvalue weighted by Crippen LogP contribution is 2.20. The van der Waals surface area contributed by atoms with Gasteiger partial charge in [-0.3, -0.25) is 0 Å². The van der Waals surface area contributed by atoms with Gasteiger partial charge in [0.05, 0.1) is 6.20 Å². The number of hydrogen-bond donors (Lipinski definition) is 1. The van der Waals surface area contributed by atoms with Crippen molar-refractivity contribution < 1.29 is 4.74 Å². The van der Waals surface area contributed by atoms with Crippen molar-refractivity contribution in [1.82, 2.24) is 9.78 Å². The summed E-state index contributed by atoms with van der Waals surface area (Å²) in [7, 11) is -1.02. The summed E-state index contributed by atoms with van der Waals surface area (Å²) >= 11 is 0. The second-order valence-corrected chi connectivity index (χ2v) is 11.9. The Labute approximate surface area is 121 Å². The molecule has 0 atom stereocenters. The lowest BCUT2D eigenvalue weighted by Gasteiger charge is -2.15. The van der Waals surface area contributed by atoms with E-state index in [1.165, 1.54) is 6.04 Å². The largest absolute Gasteiger partial charge is 0.399 e. The van der Waals surface area contributed by atoms with Gasteiger partial charge in [0.15, 0.2) is 0 Å². The smallest absolute Gasteiger partial charge is 0.139 e. The first kappa shape index (κ1) is 14.8. The molecule has 0 unspecified atom stereocenters. The lowest BCUT2D eigenvalue weighted by molar-refractivity contribution is 0.0786. The van der Waals surface area contributed by atoms with Crippen LogP contribution in [0.5, 0.6) is 0 Å². The summed E-state index contributed by atoms with van der Waals surface area (Å²) in [6, 6.07) is 8.99. The van der Waals surface area contributed by atoms with Crippen molar-refractivity contribution in [3.63, 3.8) is 0 Å². The van der Waals surface area contributed by atoms with Crippen LogP contribution >= 0.6 is 0 Å². The van der Waals surface area contributed by atoms with Crippen molar-refractivity contribution in [2.75, 3.05) is 12.3 Å². The fourth-order valence-electron chi connectivity index (χ4n) is 1.84. The molecule has 2 N–H and O–H groups in total. The Bertz CT molecular complexity index is 560. The Balaban J connectivity index is 1.90. The highest BCUT2D eigenvalue weighted by molar-refractivity contribution is 6.76. The lowest BCUT2D eigenvalue weighted by Crippen LogP contribution is -2.22. The molecular formula is C15H23N3OSi. The van der Waals surface area contributed by atoms with Gasteiger partial charge in [-0.2, -0.15) is 5.10 Å². The van der Waals surface area contributed by atoms with Crippen molar-refractivity contribution in [2.45, 2.75) is 32.4 Å². The first-order valence-corrected chi connectivity index (χ1v) is 10.6. The lowest BCUT2D eigenvalue weighted by atomic mass is 10.1. The van der Waals surface area contributed by atoms with E-state index >= 15 is 0 Å². The third kappa shape index (κ3) is 4.50. The SMILES string of the molecule is C[Si](C)(C)CCOCn1cc(-c2cccc(N)c2)cn1. The quantitative estimate of drug-likeness (QED) is 0.503. The second kappa shape index (κ2) is 6.24. The van der Waals surface area contributed by atoms with Gasteiger partial charge in [-0.25, -0.2) is 4.68 Å². The topological polar surface area (TPSA) is 53.1 Å². The van der Waals surface area contributed by atoms with Crippen molar-refractivity contribution in [3.8, 4) is 11.1 Å². The number of ether oxygens (including phenoxy) is 1. The van der Waals surface area contributed by atoms with Gasteiger partial charge >= 0.3 is 0 Å². The molecule has 4 nitrogen and oxygen atoms in total. The molecule has 0 saturated heterocycles. The summed E-state index contributed by atoms with van der Waals surface area (Å²) in [6.45, 7) is 8.36. The van der Waals surface area contributed by atoms with Gasteiger partial charge in [-0.15, -0.1) is 0 Å². The van der Waals surface area contributed by atoms with Crippen LogP contribution in [0.3, 0.4) is 0 Å². The number of nitrogens with zero attached hydrogens (tertiary/aromatic N) is 2. The minimum absolute atomic E-state index is 0.507. The van der Waals surface area contributed by atoms with Crippen molar-refractivity contribution in [1.29, 1.82) is 0 Å². The molecule has 0 fully saturated rings. The van der Waals surface area contributed by atoms with Crippen LogP contribution in [0.25, 0.3) is 11.1 Å². The van der Waals surface area contributed by atoms with Crippen LogP contribution in [0.1, 0.15) is 0 Å². The van der Waals surface area contributed by atoms with Gasteiger partial charge in [-0.05, 0) is 23.7 Å². The van der Waals surface area contributed by atoms with E-state index in [0.717, 1.165) is 23.4 Å². The Morgan fingerprint density at radius 2 is 2.05 bits per heavy atom. The number of anilines is 1. The minimum atomic E-state index is -1.02. The summed E-state index contributed by atoms with van der Waals surface area (Å²) in [6.07, 6.45) is 3.83. The van der Waals surface area contributed by atoms with Gasteiger partial charge in [0.2, 0.25) is 0 Å². The van der Waals surface area contributed by atoms with Crippen LogP contribution in [-0.2, 0) is 11.5 Å². The fourth-order valence-corrected chi connectivity index (χ4v) is 2.59. The van der Waals surface area contributed by atoms with Gasteiger partial charge < -0.3 is 10.5 Å². The molecule has 0 aliphatic rings. The number of hydrogen-bond acceptors (Lipinski definition) is 3. The monoisotopic (exact) mass is 289 g/mol. The number of rotatable bonds is 6. The zero-order valence-corrected chi connectivity index (χ0v) is 13.5. The molecule has 0 aliphatic carbocycles. The minimum Gasteiger partial charge on any atom is -0.399 e. The molecular weight excluding hydrogens is 266 g/mol. The molecule has 1 aromatic heterocycles. The molecule has 1 aromatic carbocycles. The van der Waals surface area contributed by atoms with E-state index in [1.54, 1.807) is 0 Å². The van der Waals surface area contributed by atoms with Crippen molar-refractivity contribution in [2.24, 2.45) is 0 Å². The molecule has 108 valence electrons. The molecule has 0 radical (unpaired) electrons. The average molecular weight is 289 g/mol. The molecule has 0 bridgehead atoms. The number of aromatic nitrogens is 2. The van der Waals surface area contributed by atoms with Crippen molar-refractivity contribution >= 4 is 13.8 Å². The second-order valence-electron chi connectivity index (χ2n) is 6.24. The highest BCUT2D eigenvalue weighted by atomic mass is 28.3. The maximum Gasteiger partial charge on any atom is 0.139 e. The summed E-state index contributed by atoms with van der Waals surface area (Å²) in [4.78, 5) is 0. The zero-order valence-electron chi connectivity index (χ0n) is 12.5. The molecule has 0 aliphatic heterocycles. The van der Waals surface area contributed by atoms with E-state index < -0.39 is 8.07 Å². The van der Waals surface area contributed by atoms with E-state index in [-0.39, 0.29) is 0 Å². The van der Waals surface area contributed by atoms with E-state index in [4.69, 9.17) is 10.5 Å². The van der Waals surface area contributed by atoms with E-state index in [2.05, 4.69) is 24.7 Å². The average Bonchev–Trinajstić information content (AvgIpc) is 2.82. The van der Waals surface area contributed by atoms with E-state index in [9.17, 15) is 0 Å². The third-order valence-corrected chi connectivity index (χ3v) is 4.78. The van der Waals surface area contributed by atoms with Gasteiger partial charge in [-0.1, -0.05) is 31.8 Å². The normalized spacial score (nSPS) is 11.8. The molecule has 0 spiro atoms. The van der Waals surface area contributed by atoms with Crippen LogP contribution in [-0.4, -0.2) is 24.5 Å². The van der Waals surface area contributed by atoms with E-state index in [0.29, 0.717) is 6.73 Å². The van der Waals surface area contributed by atoms with E-state index in [1.807, 2.05) is 41.3 Å². The van der Waals surface area contributed by atoms with Crippen LogP contribution in [0, 0.1) is 0 Å². The molecule has 5 heteroatoms. The zero-order chi connectivity index (χ0) is 14.6. The Hall–Kier alpha value is -1.59. The predicted octanol–water partition coefficient (Wildman–Crippen LogP) is 3.44. The Morgan fingerprint density at radius 3 is 2.75 bits per heavy atom.